The van der Waals surface area contributed by atoms with Crippen LogP contribution in [0.5, 0.6) is 0 Å². The summed E-state index contributed by atoms with van der Waals surface area (Å²) in [4.78, 5) is 19.5. The lowest BCUT2D eigenvalue weighted by Crippen LogP contribution is -2.50. The average Bonchev–Trinajstić information content (AvgIpc) is 3.43. The fraction of sp³-hybridized carbons (Fsp3) is 0.583. The van der Waals surface area contributed by atoms with Crippen molar-refractivity contribution in [1.29, 1.82) is 0 Å². The molecule has 1 aromatic carbocycles. The van der Waals surface area contributed by atoms with Crippen molar-refractivity contribution >= 4 is 5.91 Å². The summed E-state index contributed by atoms with van der Waals surface area (Å²) in [6.45, 7) is 4.73. The van der Waals surface area contributed by atoms with Crippen LogP contribution in [0.2, 0.25) is 0 Å². The zero-order valence-electron chi connectivity index (χ0n) is 18.7. The first-order valence-electron chi connectivity index (χ1n) is 11.5. The van der Waals surface area contributed by atoms with E-state index < -0.39 is 0 Å². The number of rotatable bonds is 4. The Morgan fingerprint density at radius 2 is 1.97 bits per heavy atom. The van der Waals surface area contributed by atoms with Crippen LogP contribution in [0.1, 0.15) is 30.5 Å². The lowest BCUT2D eigenvalue weighted by molar-refractivity contribution is -0.142. The Morgan fingerprint density at radius 3 is 2.68 bits per heavy atom. The number of amides is 1. The third kappa shape index (κ3) is 4.02. The third-order valence-electron chi connectivity index (χ3n) is 7.25. The van der Waals surface area contributed by atoms with Gasteiger partial charge in [0.25, 0.3) is 0 Å². The second kappa shape index (κ2) is 8.37. The van der Waals surface area contributed by atoms with Crippen molar-refractivity contribution in [3.63, 3.8) is 0 Å². The van der Waals surface area contributed by atoms with Gasteiger partial charge < -0.3 is 14.5 Å². The maximum Gasteiger partial charge on any atom is 0.236 e. The van der Waals surface area contributed by atoms with Gasteiger partial charge in [0.15, 0.2) is 0 Å². The summed E-state index contributed by atoms with van der Waals surface area (Å²) in [5, 5.41) is 4.95. The Kier molecular flexibility index (Phi) is 5.58. The molecule has 7 heteroatoms. The van der Waals surface area contributed by atoms with Gasteiger partial charge in [-0.25, -0.2) is 4.68 Å². The number of fused-ring (bicyclic) bond motifs is 2. The molecule has 4 heterocycles. The molecule has 0 N–H and O–H groups in total. The fourth-order valence-electron chi connectivity index (χ4n) is 5.28. The molecule has 3 aliphatic heterocycles. The van der Waals surface area contributed by atoms with E-state index in [1.165, 1.54) is 5.56 Å². The highest BCUT2D eigenvalue weighted by Gasteiger charge is 2.44. The SMILES string of the molecule is CN(C)C1CCN(CC(=O)N2CCC3(CC2)OCCc2cn(-c4ccccc4)nc23)C1. The summed E-state index contributed by atoms with van der Waals surface area (Å²) in [6.07, 6.45) is 5.83. The number of likely N-dealkylation sites (N-methyl/N-ethyl adjacent to an activating group) is 1. The Bertz CT molecular complexity index is 917. The van der Waals surface area contributed by atoms with Gasteiger partial charge in [-0.15, -0.1) is 0 Å². The highest BCUT2D eigenvalue weighted by molar-refractivity contribution is 5.78. The van der Waals surface area contributed by atoms with Gasteiger partial charge in [-0.2, -0.15) is 5.10 Å². The average molecular weight is 424 g/mol. The fourth-order valence-corrected chi connectivity index (χ4v) is 5.28. The Morgan fingerprint density at radius 1 is 1.19 bits per heavy atom. The molecule has 0 saturated carbocycles. The second-order valence-corrected chi connectivity index (χ2v) is 9.40. The molecule has 1 aromatic heterocycles. The molecule has 31 heavy (non-hydrogen) atoms. The molecule has 0 radical (unpaired) electrons. The van der Waals surface area contributed by atoms with Crippen LogP contribution in [0.3, 0.4) is 0 Å². The predicted molar refractivity (Wildman–Crippen MR) is 119 cm³/mol. The third-order valence-corrected chi connectivity index (χ3v) is 7.25. The highest BCUT2D eigenvalue weighted by Crippen LogP contribution is 2.41. The van der Waals surface area contributed by atoms with Crippen molar-refractivity contribution in [1.82, 2.24) is 24.5 Å². The summed E-state index contributed by atoms with van der Waals surface area (Å²) < 4.78 is 8.33. The maximum absolute atomic E-state index is 12.9. The molecule has 1 unspecified atom stereocenters. The molecule has 1 amide bonds. The monoisotopic (exact) mass is 423 g/mol. The molecule has 3 aliphatic rings. The van der Waals surface area contributed by atoms with E-state index in [2.05, 4.69) is 42.2 Å². The minimum Gasteiger partial charge on any atom is -0.368 e. The molecule has 2 aromatic rings. The molecule has 166 valence electrons. The second-order valence-electron chi connectivity index (χ2n) is 9.40. The van der Waals surface area contributed by atoms with Crippen LogP contribution in [0.15, 0.2) is 36.5 Å². The van der Waals surface area contributed by atoms with Crippen LogP contribution < -0.4 is 0 Å². The first-order valence-corrected chi connectivity index (χ1v) is 11.5. The Balaban J connectivity index is 1.24. The zero-order chi connectivity index (χ0) is 21.4. The minimum absolute atomic E-state index is 0.250. The summed E-state index contributed by atoms with van der Waals surface area (Å²) in [5.41, 5.74) is 3.07. The predicted octanol–water partition coefficient (Wildman–Crippen LogP) is 1.90. The number of carbonyl (C=O) groups is 1. The molecule has 1 atom stereocenters. The molecule has 2 fully saturated rings. The largest absolute Gasteiger partial charge is 0.368 e. The summed E-state index contributed by atoms with van der Waals surface area (Å²) in [6, 6.07) is 10.8. The number of piperidine rings is 1. The first kappa shape index (κ1) is 20.7. The van der Waals surface area contributed by atoms with Crippen molar-refractivity contribution in [2.75, 3.05) is 53.4 Å². The molecule has 7 nitrogen and oxygen atoms in total. The Hall–Kier alpha value is -2.22. The molecular formula is C24H33N5O2. The number of para-hydroxylation sites is 1. The van der Waals surface area contributed by atoms with Crippen LogP contribution in [0.25, 0.3) is 5.69 Å². The van der Waals surface area contributed by atoms with Crippen molar-refractivity contribution in [3.05, 3.63) is 47.8 Å². The standard InChI is InChI=1S/C24H33N5O2/c1-26(2)21-8-12-27(17-21)18-22(30)28-13-10-24(11-14-28)23-19(9-15-31-24)16-29(25-23)20-6-4-3-5-7-20/h3-7,16,21H,8-15,17-18H2,1-2H3. The smallest absolute Gasteiger partial charge is 0.236 e. The quantitative estimate of drug-likeness (QED) is 0.752. The minimum atomic E-state index is -0.353. The summed E-state index contributed by atoms with van der Waals surface area (Å²) >= 11 is 0. The van der Waals surface area contributed by atoms with Gasteiger partial charge in [-0.3, -0.25) is 9.69 Å². The highest BCUT2D eigenvalue weighted by atomic mass is 16.5. The van der Waals surface area contributed by atoms with E-state index in [1.807, 2.05) is 27.8 Å². The first-order chi connectivity index (χ1) is 15.0. The van der Waals surface area contributed by atoms with Gasteiger partial charge in [0, 0.05) is 38.4 Å². The topological polar surface area (TPSA) is 53.8 Å². The molecule has 1 spiro atoms. The zero-order valence-corrected chi connectivity index (χ0v) is 18.7. The van der Waals surface area contributed by atoms with Crippen molar-refractivity contribution in [2.24, 2.45) is 0 Å². The van der Waals surface area contributed by atoms with Gasteiger partial charge in [-0.1, -0.05) is 18.2 Å². The molecular weight excluding hydrogens is 390 g/mol. The number of ether oxygens (including phenoxy) is 1. The van der Waals surface area contributed by atoms with Crippen molar-refractivity contribution in [3.8, 4) is 5.69 Å². The normalized spacial score (nSPS) is 23.5. The van der Waals surface area contributed by atoms with Gasteiger partial charge in [0.2, 0.25) is 5.91 Å². The van der Waals surface area contributed by atoms with E-state index in [9.17, 15) is 4.79 Å². The van der Waals surface area contributed by atoms with E-state index in [0.29, 0.717) is 12.6 Å². The van der Waals surface area contributed by atoms with Crippen molar-refractivity contribution < 1.29 is 9.53 Å². The molecule has 0 bridgehead atoms. The lowest BCUT2D eigenvalue weighted by atomic mass is 9.84. The molecule has 2 saturated heterocycles. The molecule has 5 rings (SSSR count). The van der Waals surface area contributed by atoms with E-state index in [-0.39, 0.29) is 11.5 Å². The van der Waals surface area contributed by atoms with Crippen LogP contribution in [0.4, 0.5) is 0 Å². The van der Waals surface area contributed by atoms with Gasteiger partial charge in [0.05, 0.1) is 24.5 Å². The van der Waals surface area contributed by atoms with Crippen LogP contribution >= 0.6 is 0 Å². The van der Waals surface area contributed by atoms with Crippen LogP contribution in [0, 0.1) is 0 Å². The lowest BCUT2D eigenvalue weighted by Gasteiger charge is -2.43. The number of hydrogen-bond acceptors (Lipinski definition) is 5. The van der Waals surface area contributed by atoms with E-state index >= 15 is 0 Å². The van der Waals surface area contributed by atoms with Crippen LogP contribution in [-0.2, 0) is 21.6 Å². The molecule has 0 aliphatic carbocycles. The summed E-state index contributed by atoms with van der Waals surface area (Å²) in [7, 11) is 4.25. The number of benzene rings is 1. The van der Waals surface area contributed by atoms with Crippen molar-refractivity contribution in [2.45, 2.75) is 37.3 Å². The van der Waals surface area contributed by atoms with Gasteiger partial charge in [-0.05, 0) is 57.5 Å². The number of carbonyl (C=O) groups excluding carboxylic acids is 1. The number of hydrogen-bond donors (Lipinski definition) is 0. The number of likely N-dealkylation sites (tertiary alicyclic amines) is 2. The van der Waals surface area contributed by atoms with Crippen LogP contribution in [-0.4, -0.2) is 89.9 Å². The number of aromatic nitrogens is 2. The maximum atomic E-state index is 12.9. The van der Waals surface area contributed by atoms with E-state index in [1.54, 1.807) is 0 Å². The summed E-state index contributed by atoms with van der Waals surface area (Å²) in [5.74, 6) is 0.250. The number of nitrogens with zero attached hydrogens (tertiary/aromatic N) is 5. The van der Waals surface area contributed by atoms with Gasteiger partial charge >= 0.3 is 0 Å². The van der Waals surface area contributed by atoms with Gasteiger partial charge in [0.1, 0.15) is 5.60 Å². The van der Waals surface area contributed by atoms with E-state index in [0.717, 1.165) is 69.9 Å². The van der Waals surface area contributed by atoms with E-state index in [4.69, 9.17) is 9.84 Å². The Labute approximate surface area is 184 Å².